The van der Waals surface area contributed by atoms with Gasteiger partial charge in [0.15, 0.2) is 0 Å². The van der Waals surface area contributed by atoms with E-state index in [1.165, 1.54) is 5.56 Å². The topological polar surface area (TPSA) is 50.9 Å². The molecular formula is C12H13N3. The average Bonchev–Trinajstić information content (AvgIpc) is 2.17. The number of benzene rings is 1. The van der Waals surface area contributed by atoms with Crippen LogP contribution in [0.2, 0.25) is 0 Å². The molecule has 0 saturated carbocycles. The first kappa shape index (κ1) is 9.52. The zero-order chi connectivity index (χ0) is 10.7. The second kappa shape index (κ2) is 4.00. The highest BCUT2D eigenvalue weighted by atomic mass is 15.0. The smallest absolute Gasteiger partial charge is 0.132 e. The van der Waals surface area contributed by atoms with E-state index >= 15 is 0 Å². The first-order chi connectivity index (χ1) is 7.24. The number of nitrogen functional groups attached to an aromatic ring is 1. The van der Waals surface area contributed by atoms with E-state index in [-0.39, 0.29) is 0 Å². The maximum Gasteiger partial charge on any atom is 0.132 e. The summed E-state index contributed by atoms with van der Waals surface area (Å²) in [7, 11) is 0. The molecular weight excluding hydrogens is 186 g/mol. The van der Waals surface area contributed by atoms with Gasteiger partial charge in [-0.3, -0.25) is 0 Å². The molecule has 1 heterocycles. The van der Waals surface area contributed by atoms with E-state index in [2.05, 4.69) is 29.4 Å². The highest BCUT2D eigenvalue weighted by Crippen LogP contribution is 2.16. The third-order valence-electron chi connectivity index (χ3n) is 2.07. The second-order valence-electron chi connectivity index (χ2n) is 3.47. The molecule has 1 aromatic heterocycles. The van der Waals surface area contributed by atoms with Gasteiger partial charge in [-0.25, -0.2) is 4.98 Å². The van der Waals surface area contributed by atoms with Gasteiger partial charge in [-0.2, -0.15) is 0 Å². The molecule has 15 heavy (non-hydrogen) atoms. The van der Waals surface area contributed by atoms with Crippen LogP contribution in [0.4, 0.5) is 17.2 Å². The minimum atomic E-state index is 0.708. The molecule has 0 saturated heterocycles. The van der Waals surface area contributed by atoms with E-state index in [9.17, 15) is 0 Å². The Balaban J connectivity index is 2.22. The van der Waals surface area contributed by atoms with Gasteiger partial charge in [0.25, 0.3) is 0 Å². The molecule has 0 amide bonds. The van der Waals surface area contributed by atoms with Crippen LogP contribution in [0.25, 0.3) is 0 Å². The van der Waals surface area contributed by atoms with Gasteiger partial charge in [0.05, 0.1) is 0 Å². The maximum atomic E-state index is 5.66. The van der Waals surface area contributed by atoms with Gasteiger partial charge in [0.1, 0.15) is 5.82 Å². The van der Waals surface area contributed by atoms with Crippen molar-refractivity contribution >= 4 is 17.2 Å². The number of nitrogens with zero attached hydrogens (tertiary/aromatic N) is 1. The molecule has 0 fully saturated rings. The van der Waals surface area contributed by atoms with Crippen LogP contribution < -0.4 is 11.1 Å². The summed E-state index contributed by atoms with van der Waals surface area (Å²) in [5, 5.41) is 3.19. The van der Waals surface area contributed by atoms with E-state index in [0.29, 0.717) is 5.69 Å². The maximum absolute atomic E-state index is 5.66. The largest absolute Gasteiger partial charge is 0.399 e. The van der Waals surface area contributed by atoms with Crippen LogP contribution in [0.1, 0.15) is 5.56 Å². The van der Waals surface area contributed by atoms with Gasteiger partial charge >= 0.3 is 0 Å². The lowest BCUT2D eigenvalue weighted by Crippen LogP contribution is -1.95. The van der Waals surface area contributed by atoms with Crippen molar-refractivity contribution in [1.82, 2.24) is 4.98 Å². The lowest BCUT2D eigenvalue weighted by molar-refractivity contribution is 1.31. The fourth-order valence-electron chi connectivity index (χ4n) is 1.39. The van der Waals surface area contributed by atoms with Crippen LogP contribution in [0, 0.1) is 6.92 Å². The highest BCUT2D eigenvalue weighted by molar-refractivity contribution is 5.60. The highest BCUT2D eigenvalue weighted by Gasteiger charge is 1.96. The van der Waals surface area contributed by atoms with Crippen molar-refractivity contribution in [2.75, 3.05) is 11.1 Å². The first-order valence-electron chi connectivity index (χ1n) is 4.79. The molecule has 0 aliphatic rings. The van der Waals surface area contributed by atoms with Gasteiger partial charge in [-0.05, 0) is 30.7 Å². The summed E-state index contributed by atoms with van der Waals surface area (Å²) in [6, 6.07) is 11.7. The zero-order valence-corrected chi connectivity index (χ0v) is 8.57. The summed E-state index contributed by atoms with van der Waals surface area (Å²) in [4.78, 5) is 4.17. The Bertz CT molecular complexity index is 422. The minimum absolute atomic E-state index is 0.708. The lowest BCUT2D eigenvalue weighted by Gasteiger charge is -2.06. The van der Waals surface area contributed by atoms with Crippen LogP contribution in [0.5, 0.6) is 0 Å². The Kier molecular flexibility index (Phi) is 2.54. The van der Waals surface area contributed by atoms with Crippen LogP contribution in [0.15, 0.2) is 42.6 Å². The summed E-state index contributed by atoms with van der Waals surface area (Å²) in [5.74, 6) is 0.764. The van der Waals surface area contributed by atoms with Crippen molar-refractivity contribution in [2.45, 2.75) is 6.92 Å². The predicted octanol–water partition coefficient (Wildman–Crippen LogP) is 2.72. The normalized spacial score (nSPS) is 9.93. The molecule has 0 aliphatic carbocycles. The number of hydrogen-bond acceptors (Lipinski definition) is 3. The fourth-order valence-corrected chi connectivity index (χ4v) is 1.39. The fraction of sp³-hybridized carbons (Fsp3) is 0.0833. The summed E-state index contributed by atoms with van der Waals surface area (Å²) >= 11 is 0. The number of nitrogens with one attached hydrogen (secondary N) is 1. The summed E-state index contributed by atoms with van der Waals surface area (Å²) < 4.78 is 0. The van der Waals surface area contributed by atoms with Crippen molar-refractivity contribution in [2.24, 2.45) is 0 Å². The quantitative estimate of drug-likeness (QED) is 0.781. The Morgan fingerprint density at radius 2 is 2.07 bits per heavy atom. The third kappa shape index (κ3) is 2.47. The molecule has 3 heteroatoms. The SMILES string of the molecule is Cc1cccc(Nc2cc(N)ccn2)c1. The van der Waals surface area contributed by atoms with Crippen LogP contribution in [0.3, 0.4) is 0 Å². The van der Waals surface area contributed by atoms with Crippen LogP contribution >= 0.6 is 0 Å². The molecule has 0 unspecified atom stereocenters. The number of hydrogen-bond donors (Lipinski definition) is 2. The molecule has 76 valence electrons. The van der Waals surface area contributed by atoms with Gasteiger partial charge in [0, 0.05) is 23.6 Å². The van der Waals surface area contributed by atoms with E-state index in [1.807, 2.05) is 18.2 Å². The molecule has 1 aromatic carbocycles. The number of anilines is 3. The molecule has 0 bridgehead atoms. The van der Waals surface area contributed by atoms with Crippen molar-refractivity contribution in [3.63, 3.8) is 0 Å². The molecule has 0 atom stereocenters. The lowest BCUT2D eigenvalue weighted by atomic mass is 10.2. The van der Waals surface area contributed by atoms with E-state index in [4.69, 9.17) is 5.73 Å². The summed E-state index contributed by atoms with van der Waals surface area (Å²) in [5.41, 5.74) is 8.60. The molecule has 2 rings (SSSR count). The average molecular weight is 199 g/mol. The van der Waals surface area contributed by atoms with Crippen LogP contribution in [-0.4, -0.2) is 4.98 Å². The van der Waals surface area contributed by atoms with Gasteiger partial charge in [0.2, 0.25) is 0 Å². The van der Waals surface area contributed by atoms with E-state index in [0.717, 1.165) is 11.5 Å². The van der Waals surface area contributed by atoms with E-state index in [1.54, 1.807) is 12.3 Å². The molecule has 3 N–H and O–H groups in total. The molecule has 0 spiro atoms. The van der Waals surface area contributed by atoms with Crippen molar-refractivity contribution < 1.29 is 0 Å². The second-order valence-corrected chi connectivity index (χ2v) is 3.47. The number of rotatable bonds is 2. The number of nitrogens with two attached hydrogens (primary N) is 1. The van der Waals surface area contributed by atoms with Crippen molar-refractivity contribution in [3.05, 3.63) is 48.2 Å². The first-order valence-corrected chi connectivity index (χ1v) is 4.79. The molecule has 2 aromatic rings. The minimum Gasteiger partial charge on any atom is -0.399 e. The number of pyridine rings is 1. The summed E-state index contributed by atoms with van der Waals surface area (Å²) in [6.07, 6.45) is 1.69. The molecule has 0 aliphatic heterocycles. The Hall–Kier alpha value is -2.03. The van der Waals surface area contributed by atoms with Crippen molar-refractivity contribution in [1.29, 1.82) is 0 Å². The zero-order valence-electron chi connectivity index (χ0n) is 8.57. The summed E-state index contributed by atoms with van der Waals surface area (Å²) in [6.45, 7) is 2.05. The van der Waals surface area contributed by atoms with Gasteiger partial charge in [-0.1, -0.05) is 12.1 Å². The van der Waals surface area contributed by atoms with Gasteiger partial charge < -0.3 is 11.1 Å². The number of aryl methyl sites for hydroxylation is 1. The monoisotopic (exact) mass is 199 g/mol. The Morgan fingerprint density at radius 1 is 1.20 bits per heavy atom. The predicted molar refractivity (Wildman–Crippen MR) is 63.1 cm³/mol. The molecule has 0 radical (unpaired) electrons. The van der Waals surface area contributed by atoms with Crippen LogP contribution in [-0.2, 0) is 0 Å². The van der Waals surface area contributed by atoms with Crippen molar-refractivity contribution in [3.8, 4) is 0 Å². The Labute approximate surface area is 89.0 Å². The standard InChI is InChI=1S/C12H13N3/c1-9-3-2-4-11(7-9)15-12-8-10(13)5-6-14-12/h2-8H,1H3,(H3,13,14,15). The molecule has 3 nitrogen and oxygen atoms in total. The Morgan fingerprint density at radius 3 is 2.80 bits per heavy atom. The third-order valence-corrected chi connectivity index (χ3v) is 2.07. The van der Waals surface area contributed by atoms with Gasteiger partial charge in [-0.15, -0.1) is 0 Å². The number of aromatic nitrogens is 1. The van der Waals surface area contributed by atoms with E-state index < -0.39 is 0 Å².